The van der Waals surface area contributed by atoms with E-state index in [4.69, 9.17) is 23.7 Å². The van der Waals surface area contributed by atoms with E-state index in [-0.39, 0.29) is 0 Å². The third-order valence-electron chi connectivity index (χ3n) is 3.78. The predicted octanol–water partition coefficient (Wildman–Crippen LogP) is -0.824. The molecule has 14 nitrogen and oxygen atoms in total. The number of hydrazine groups is 1. The van der Waals surface area contributed by atoms with Crippen molar-refractivity contribution in [3.8, 4) is 0 Å². The lowest BCUT2D eigenvalue weighted by molar-refractivity contribution is -0.204. The van der Waals surface area contributed by atoms with Crippen molar-refractivity contribution in [2.24, 2.45) is 0 Å². The van der Waals surface area contributed by atoms with Crippen LogP contribution in [0.4, 0.5) is 0 Å². The van der Waals surface area contributed by atoms with Crippen molar-refractivity contribution >= 4 is 41.7 Å². The van der Waals surface area contributed by atoms with Crippen LogP contribution in [0.3, 0.4) is 0 Å². The van der Waals surface area contributed by atoms with E-state index < -0.39 is 79.2 Å². The summed E-state index contributed by atoms with van der Waals surface area (Å²) >= 11 is 0. The second-order valence-electron chi connectivity index (χ2n) is 7.04. The van der Waals surface area contributed by atoms with Gasteiger partial charge in [-0.1, -0.05) is 0 Å². The van der Waals surface area contributed by atoms with Crippen LogP contribution in [0.2, 0.25) is 0 Å². The fourth-order valence-electron chi connectivity index (χ4n) is 2.75. The molecule has 2 amide bonds. The molecule has 0 fully saturated rings. The average Bonchev–Trinajstić information content (AvgIpc) is 2.65. The highest BCUT2D eigenvalue weighted by Gasteiger charge is 2.44. The lowest BCUT2D eigenvalue weighted by atomic mass is 10.0. The third-order valence-corrected chi connectivity index (χ3v) is 3.78. The molecule has 34 heavy (non-hydrogen) atoms. The minimum absolute atomic E-state index is 0.551. The normalized spacial score (nSPS) is 13.7. The maximum Gasteiger partial charge on any atom is 0.303 e. The zero-order valence-electron chi connectivity index (χ0n) is 20.1. The van der Waals surface area contributed by atoms with Crippen molar-refractivity contribution < 1.29 is 57.2 Å². The molecular formula is C20H30N2O12. The van der Waals surface area contributed by atoms with Crippen molar-refractivity contribution in [1.82, 2.24) is 10.4 Å². The standard InChI is InChI=1S/C20H30N2O12/c1-10(23)21-22(11(2)24)8-17(31-13(4)26)19(33-15(6)28)20(34-16(7)29)18(32-14(5)27)9-30-12(3)25/h17-20H,8-9H2,1-7H3,(H,21,23)/t17-,18+,19-,20+/m0/s1. The number of hydrogen-bond donors (Lipinski definition) is 1. The Balaban J connectivity index is 6.55. The molecule has 0 unspecified atom stereocenters. The van der Waals surface area contributed by atoms with Crippen molar-refractivity contribution in [3.63, 3.8) is 0 Å². The van der Waals surface area contributed by atoms with Crippen LogP contribution in [-0.4, -0.2) is 84.2 Å². The Kier molecular flexibility index (Phi) is 12.9. The molecule has 4 atom stereocenters. The lowest BCUT2D eigenvalue weighted by Gasteiger charge is -2.36. The predicted molar refractivity (Wildman–Crippen MR) is 110 cm³/mol. The number of rotatable bonds is 11. The minimum Gasteiger partial charge on any atom is -0.462 e. The quantitative estimate of drug-likeness (QED) is 0.216. The van der Waals surface area contributed by atoms with Crippen molar-refractivity contribution in [2.45, 2.75) is 72.9 Å². The number of nitrogens with one attached hydrogen (secondary N) is 1. The van der Waals surface area contributed by atoms with E-state index in [1.54, 1.807) is 0 Å². The van der Waals surface area contributed by atoms with Crippen molar-refractivity contribution in [1.29, 1.82) is 0 Å². The van der Waals surface area contributed by atoms with E-state index in [1.807, 2.05) is 0 Å². The molecule has 192 valence electrons. The van der Waals surface area contributed by atoms with Gasteiger partial charge in [-0.15, -0.1) is 0 Å². The van der Waals surface area contributed by atoms with E-state index >= 15 is 0 Å². The van der Waals surface area contributed by atoms with Gasteiger partial charge in [-0.05, 0) is 0 Å². The van der Waals surface area contributed by atoms with Gasteiger partial charge in [0.25, 0.3) is 0 Å². The molecule has 1 N–H and O–H groups in total. The van der Waals surface area contributed by atoms with Crippen LogP contribution >= 0.6 is 0 Å². The highest BCUT2D eigenvalue weighted by Crippen LogP contribution is 2.21. The van der Waals surface area contributed by atoms with Crippen LogP contribution in [0.5, 0.6) is 0 Å². The molecule has 0 aliphatic heterocycles. The summed E-state index contributed by atoms with van der Waals surface area (Å²) in [6.45, 7) is 6.22. The van der Waals surface area contributed by atoms with Crippen LogP contribution in [-0.2, 0) is 57.2 Å². The second kappa shape index (κ2) is 14.4. The van der Waals surface area contributed by atoms with Gasteiger partial charge in [0.05, 0.1) is 6.54 Å². The molecular weight excluding hydrogens is 460 g/mol. The molecule has 0 rings (SSSR count). The Bertz CT molecular complexity index is 796. The van der Waals surface area contributed by atoms with Gasteiger partial charge >= 0.3 is 29.8 Å². The van der Waals surface area contributed by atoms with E-state index in [0.29, 0.717) is 0 Å². The summed E-state index contributed by atoms with van der Waals surface area (Å²) in [7, 11) is 0. The molecule has 0 spiro atoms. The molecule has 0 bridgehead atoms. The van der Waals surface area contributed by atoms with Gasteiger partial charge in [0.2, 0.25) is 11.8 Å². The number of amides is 2. The van der Waals surface area contributed by atoms with Crippen LogP contribution in [0.15, 0.2) is 0 Å². The number of carbonyl (C=O) groups excluding carboxylic acids is 7. The Morgan fingerprint density at radius 2 is 1.03 bits per heavy atom. The number of nitrogens with zero attached hydrogens (tertiary/aromatic N) is 1. The summed E-state index contributed by atoms with van der Waals surface area (Å²) in [6.07, 6.45) is -6.35. The Hall–Kier alpha value is -3.71. The molecule has 0 saturated carbocycles. The number of esters is 5. The zero-order valence-corrected chi connectivity index (χ0v) is 20.1. The van der Waals surface area contributed by atoms with Gasteiger partial charge in [-0.2, -0.15) is 0 Å². The van der Waals surface area contributed by atoms with Crippen molar-refractivity contribution in [2.75, 3.05) is 13.2 Å². The highest BCUT2D eigenvalue weighted by molar-refractivity contribution is 5.79. The van der Waals surface area contributed by atoms with E-state index in [0.717, 1.165) is 53.5 Å². The van der Waals surface area contributed by atoms with Gasteiger partial charge in [-0.3, -0.25) is 44.0 Å². The number of carbonyl (C=O) groups is 7. The average molecular weight is 490 g/mol. The number of ether oxygens (including phenoxy) is 5. The summed E-state index contributed by atoms with van der Waals surface area (Å²) in [5.41, 5.74) is 2.22. The first-order valence-corrected chi connectivity index (χ1v) is 10.0. The first-order chi connectivity index (χ1) is 15.6. The van der Waals surface area contributed by atoms with E-state index in [2.05, 4.69) is 5.43 Å². The first kappa shape index (κ1) is 30.3. The second-order valence-corrected chi connectivity index (χ2v) is 7.04. The molecule has 0 aliphatic rings. The molecule has 0 aromatic rings. The summed E-state index contributed by atoms with van der Waals surface area (Å²) in [5.74, 6) is -5.62. The van der Waals surface area contributed by atoms with Crippen LogP contribution in [0.1, 0.15) is 48.5 Å². The maximum atomic E-state index is 12.0. The first-order valence-electron chi connectivity index (χ1n) is 10.0. The largest absolute Gasteiger partial charge is 0.462 e. The van der Waals surface area contributed by atoms with Gasteiger partial charge in [0.1, 0.15) is 6.61 Å². The Morgan fingerprint density at radius 3 is 1.38 bits per heavy atom. The highest BCUT2D eigenvalue weighted by atomic mass is 16.6. The van der Waals surface area contributed by atoms with Crippen LogP contribution in [0.25, 0.3) is 0 Å². The smallest absolute Gasteiger partial charge is 0.303 e. The maximum absolute atomic E-state index is 12.0. The van der Waals surface area contributed by atoms with Gasteiger partial charge in [0, 0.05) is 48.5 Å². The molecule has 0 heterocycles. The summed E-state index contributed by atoms with van der Waals surface area (Å²) in [5, 5.41) is 0.782. The molecule has 0 saturated heterocycles. The number of hydrogen-bond acceptors (Lipinski definition) is 12. The summed E-state index contributed by atoms with van der Waals surface area (Å²) in [4.78, 5) is 82.0. The monoisotopic (exact) mass is 490 g/mol. The van der Waals surface area contributed by atoms with E-state index in [9.17, 15) is 33.6 Å². The van der Waals surface area contributed by atoms with Gasteiger partial charge < -0.3 is 23.7 Å². The molecule has 0 aromatic heterocycles. The minimum atomic E-state index is -1.67. The molecule has 0 radical (unpaired) electrons. The Labute approximate surface area is 196 Å². The van der Waals surface area contributed by atoms with Crippen LogP contribution < -0.4 is 5.43 Å². The van der Waals surface area contributed by atoms with Crippen molar-refractivity contribution in [3.05, 3.63) is 0 Å². The third kappa shape index (κ3) is 12.4. The summed E-state index contributed by atoms with van der Waals surface area (Å²) < 4.78 is 25.7. The van der Waals surface area contributed by atoms with Crippen LogP contribution in [0, 0.1) is 0 Å². The summed E-state index contributed by atoms with van der Waals surface area (Å²) in [6, 6.07) is 0. The molecule has 0 aliphatic carbocycles. The molecule has 0 aromatic carbocycles. The fourth-order valence-corrected chi connectivity index (χ4v) is 2.75. The fraction of sp³-hybridized carbons (Fsp3) is 0.650. The molecule has 14 heteroatoms. The zero-order chi connectivity index (χ0) is 26.6. The topological polar surface area (TPSA) is 181 Å². The van der Waals surface area contributed by atoms with Gasteiger partial charge in [-0.25, -0.2) is 0 Å². The Morgan fingerprint density at radius 1 is 0.618 bits per heavy atom. The van der Waals surface area contributed by atoms with Gasteiger partial charge in [0.15, 0.2) is 24.4 Å². The SMILES string of the molecule is CC(=O)NN(C[C@H](OC(C)=O)[C@H](OC(C)=O)[C@H](OC(C)=O)[C@@H](COC(C)=O)OC(C)=O)C(C)=O. The van der Waals surface area contributed by atoms with E-state index in [1.165, 1.54) is 0 Å². The lowest BCUT2D eigenvalue weighted by Crippen LogP contribution is -2.58.